The number of halogens is 1. The zero-order valence-corrected chi connectivity index (χ0v) is 13.3. The summed E-state index contributed by atoms with van der Waals surface area (Å²) >= 11 is 7.07. The molecule has 0 amide bonds. The van der Waals surface area contributed by atoms with Gasteiger partial charge >= 0.3 is 0 Å². The summed E-state index contributed by atoms with van der Waals surface area (Å²) in [5.74, 6) is 0.0974. The van der Waals surface area contributed by atoms with Crippen LogP contribution in [0.15, 0.2) is 29.3 Å². The molecule has 0 aliphatic heterocycles. The van der Waals surface area contributed by atoms with Crippen LogP contribution in [-0.4, -0.2) is 22.8 Å². The van der Waals surface area contributed by atoms with Crippen LogP contribution < -0.4 is 4.72 Å². The van der Waals surface area contributed by atoms with Crippen molar-refractivity contribution >= 4 is 50.0 Å². The predicted octanol–water partition coefficient (Wildman–Crippen LogP) is 3.04. The molecule has 0 saturated heterocycles. The molecule has 0 aliphatic rings. The smallest absolute Gasteiger partial charge is 0.266 e. The first kappa shape index (κ1) is 14.3. The highest BCUT2D eigenvalue weighted by Gasteiger charge is 2.21. The monoisotopic (exact) mass is 342 g/mol. The van der Waals surface area contributed by atoms with Crippen LogP contribution in [0.25, 0.3) is 10.9 Å². The Morgan fingerprint density at radius 3 is 2.95 bits per heavy atom. The number of sulfonamides is 1. The van der Waals surface area contributed by atoms with E-state index in [9.17, 15) is 8.42 Å². The van der Waals surface area contributed by atoms with Gasteiger partial charge in [-0.1, -0.05) is 18.5 Å². The van der Waals surface area contributed by atoms with Gasteiger partial charge < -0.3 is 4.98 Å². The molecule has 0 radical (unpaired) electrons. The summed E-state index contributed by atoms with van der Waals surface area (Å²) < 4.78 is 31.2. The number of benzene rings is 1. The first-order valence-electron chi connectivity index (χ1n) is 6.11. The van der Waals surface area contributed by atoms with Gasteiger partial charge in [0.15, 0.2) is 0 Å². The molecule has 0 aliphatic carbocycles. The van der Waals surface area contributed by atoms with Crippen LogP contribution in [0.5, 0.6) is 0 Å². The van der Waals surface area contributed by atoms with E-state index in [-0.39, 0.29) is 10.8 Å². The molecule has 9 heteroatoms. The Labute approximate surface area is 130 Å². The highest BCUT2D eigenvalue weighted by Crippen LogP contribution is 2.26. The minimum Gasteiger partial charge on any atom is -0.360 e. The lowest BCUT2D eigenvalue weighted by Gasteiger charge is -2.03. The number of H-pyrrole nitrogens is 1. The average molecular weight is 343 g/mol. The molecule has 0 unspecified atom stereocenters. The minimum absolute atomic E-state index is 0.0974. The van der Waals surface area contributed by atoms with Crippen LogP contribution >= 0.6 is 23.1 Å². The number of rotatable bonds is 4. The molecule has 0 fully saturated rings. The molecule has 0 spiro atoms. The number of hydrogen-bond acceptors (Lipinski definition) is 5. The third kappa shape index (κ3) is 2.74. The summed E-state index contributed by atoms with van der Waals surface area (Å²) in [5.41, 5.74) is 0.656. The van der Waals surface area contributed by atoms with Crippen molar-refractivity contribution in [1.82, 2.24) is 14.3 Å². The number of aromatic nitrogens is 3. The molecule has 110 valence electrons. The predicted molar refractivity (Wildman–Crippen MR) is 83.4 cm³/mol. The van der Waals surface area contributed by atoms with Crippen LogP contribution in [0.3, 0.4) is 0 Å². The summed E-state index contributed by atoms with van der Waals surface area (Å²) in [4.78, 5) is 7.14. The highest BCUT2D eigenvalue weighted by molar-refractivity contribution is 7.93. The number of hydrogen-bond donors (Lipinski definition) is 2. The topological polar surface area (TPSA) is 87.7 Å². The second-order valence-electron chi connectivity index (χ2n) is 4.31. The van der Waals surface area contributed by atoms with E-state index in [1.54, 1.807) is 18.2 Å². The average Bonchev–Trinajstić information content (AvgIpc) is 3.04. The van der Waals surface area contributed by atoms with Gasteiger partial charge in [-0.25, -0.2) is 18.1 Å². The normalized spacial score (nSPS) is 11.9. The molecule has 3 rings (SSSR count). The summed E-state index contributed by atoms with van der Waals surface area (Å²) in [6.45, 7) is 1.93. The summed E-state index contributed by atoms with van der Waals surface area (Å²) in [5, 5.41) is 1.88. The fourth-order valence-corrected chi connectivity index (χ4v) is 3.80. The van der Waals surface area contributed by atoms with E-state index in [1.807, 2.05) is 6.92 Å². The number of aromatic amines is 1. The lowest BCUT2D eigenvalue weighted by molar-refractivity contribution is 0.601. The summed E-state index contributed by atoms with van der Waals surface area (Å²) in [6, 6.07) is 4.98. The first-order chi connectivity index (χ1) is 9.99. The lowest BCUT2D eigenvalue weighted by atomic mass is 10.2. The van der Waals surface area contributed by atoms with Crippen LogP contribution in [0.2, 0.25) is 5.02 Å². The largest absolute Gasteiger partial charge is 0.360 e. The third-order valence-corrected chi connectivity index (χ3v) is 5.35. The van der Waals surface area contributed by atoms with Gasteiger partial charge in [0.25, 0.3) is 10.0 Å². The van der Waals surface area contributed by atoms with Crippen molar-refractivity contribution in [2.75, 3.05) is 4.72 Å². The van der Waals surface area contributed by atoms with Crippen LogP contribution in [0, 0.1) is 0 Å². The fourth-order valence-electron chi connectivity index (χ4n) is 1.91. The zero-order valence-electron chi connectivity index (χ0n) is 10.9. The van der Waals surface area contributed by atoms with Gasteiger partial charge in [-0.2, -0.15) is 4.37 Å². The van der Waals surface area contributed by atoms with Gasteiger partial charge in [-0.3, -0.25) is 0 Å². The van der Waals surface area contributed by atoms with Crippen molar-refractivity contribution in [1.29, 1.82) is 0 Å². The Morgan fingerprint density at radius 1 is 1.43 bits per heavy atom. The van der Waals surface area contributed by atoms with Crippen LogP contribution in [-0.2, 0) is 16.4 Å². The Bertz CT molecular complexity index is 901. The van der Waals surface area contributed by atoms with E-state index < -0.39 is 10.0 Å². The van der Waals surface area contributed by atoms with Crippen molar-refractivity contribution in [3.63, 3.8) is 0 Å². The molecule has 0 atom stereocenters. The second kappa shape index (κ2) is 5.28. The van der Waals surface area contributed by atoms with Crippen molar-refractivity contribution in [2.45, 2.75) is 18.2 Å². The van der Waals surface area contributed by atoms with Gasteiger partial charge in [-0.15, -0.1) is 0 Å². The van der Waals surface area contributed by atoms with Crippen molar-refractivity contribution < 1.29 is 8.42 Å². The SMILES string of the molecule is CCc1nc(NS(=O)(=O)c2c[nH]c3cc(Cl)ccc23)ns1. The summed E-state index contributed by atoms with van der Waals surface area (Å²) in [7, 11) is -3.75. The molecule has 3 aromatic rings. The number of fused-ring (bicyclic) bond motifs is 1. The van der Waals surface area contributed by atoms with E-state index in [0.29, 0.717) is 22.3 Å². The lowest BCUT2D eigenvalue weighted by Crippen LogP contribution is -2.13. The molecular weight excluding hydrogens is 332 g/mol. The van der Waals surface area contributed by atoms with Gasteiger partial charge in [0.1, 0.15) is 9.90 Å². The van der Waals surface area contributed by atoms with E-state index >= 15 is 0 Å². The minimum atomic E-state index is -3.75. The van der Waals surface area contributed by atoms with E-state index in [4.69, 9.17) is 11.6 Å². The summed E-state index contributed by atoms with van der Waals surface area (Å²) in [6.07, 6.45) is 2.14. The molecule has 6 nitrogen and oxygen atoms in total. The van der Waals surface area contributed by atoms with Crippen molar-refractivity contribution in [2.24, 2.45) is 0 Å². The number of nitrogens with zero attached hydrogens (tertiary/aromatic N) is 2. The molecule has 0 saturated carbocycles. The molecule has 21 heavy (non-hydrogen) atoms. The Kier molecular flexibility index (Phi) is 3.60. The molecular formula is C12H11ClN4O2S2. The molecule has 2 heterocycles. The Morgan fingerprint density at radius 2 is 2.24 bits per heavy atom. The second-order valence-corrected chi connectivity index (χ2v) is 7.24. The third-order valence-electron chi connectivity index (χ3n) is 2.89. The fraction of sp³-hybridized carbons (Fsp3) is 0.167. The Balaban J connectivity index is 2.00. The van der Waals surface area contributed by atoms with E-state index in [2.05, 4.69) is 19.1 Å². The highest BCUT2D eigenvalue weighted by atomic mass is 35.5. The first-order valence-corrected chi connectivity index (χ1v) is 8.75. The van der Waals surface area contributed by atoms with Crippen LogP contribution in [0.4, 0.5) is 5.95 Å². The quantitative estimate of drug-likeness (QED) is 0.762. The number of aryl methyl sites for hydroxylation is 1. The zero-order chi connectivity index (χ0) is 15.0. The number of nitrogens with one attached hydrogen (secondary N) is 2. The van der Waals surface area contributed by atoms with Gasteiger partial charge in [0.2, 0.25) is 5.95 Å². The molecule has 2 aromatic heterocycles. The molecule has 0 bridgehead atoms. The maximum atomic E-state index is 12.4. The van der Waals surface area contributed by atoms with Gasteiger partial charge in [0.05, 0.1) is 0 Å². The maximum Gasteiger partial charge on any atom is 0.266 e. The van der Waals surface area contributed by atoms with E-state index in [0.717, 1.165) is 5.01 Å². The van der Waals surface area contributed by atoms with Crippen molar-refractivity contribution in [3.8, 4) is 0 Å². The van der Waals surface area contributed by atoms with E-state index in [1.165, 1.54) is 17.7 Å². The van der Waals surface area contributed by atoms with Crippen molar-refractivity contribution in [3.05, 3.63) is 34.4 Å². The van der Waals surface area contributed by atoms with Crippen LogP contribution in [0.1, 0.15) is 11.9 Å². The molecule has 1 aromatic carbocycles. The molecule has 2 N–H and O–H groups in total. The van der Waals surface area contributed by atoms with Gasteiger partial charge in [0, 0.05) is 22.1 Å². The van der Waals surface area contributed by atoms with Gasteiger partial charge in [-0.05, 0) is 36.2 Å². The standard InChI is InChI=1S/C12H11ClN4O2S2/c1-2-11-15-12(16-20-11)17-21(18,19)10-6-14-9-5-7(13)3-4-8(9)10/h3-6,14H,2H2,1H3,(H,16,17). The number of anilines is 1. The Hall–Kier alpha value is -1.64. The maximum absolute atomic E-state index is 12.4.